The molecule has 128 valence electrons. The molecule has 2 aromatic rings. The van der Waals surface area contributed by atoms with E-state index in [0.29, 0.717) is 28.8 Å². The first-order valence-electron chi connectivity index (χ1n) is 8.03. The van der Waals surface area contributed by atoms with Crippen molar-refractivity contribution in [2.45, 2.75) is 39.4 Å². The molecule has 5 heteroatoms. The molecule has 0 saturated heterocycles. The molecule has 0 bridgehead atoms. The minimum Gasteiger partial charge on any atom is -0.360 e. The number of thiocarbonyl (C=S) groups is 1. The van der Waals surface area contributed by atoms with Gasteiger partial charge in [-0.3, -0.25) is 0 Å². The van der Waals surface area contributed by atoms with Crippen LogP contribution in [0.2, 0.25) is 5.02 Å². The van der Waals surface area contributed by atoms with Gasteiger partial charge in [-0.25, -0.2) is 4.39 Å². The quantitative estimate of drug-likeness (QED) is 0.713. The lowest BCUT2D eigenvalue weighted by atomic mass is 10.1. The molecule has 0 unspecified atom stereocenters. The van der Waals surface area contributed by atoms with Crippen molar-refractivity contribution in [2.75, 3.05) is 0 Å². The summed E-state index contributed by atoms with van der Waals surface area (Å²) < 4.78 is 14.2. The first-order valence-corrected chi connectivity index (χ1v) is 8.82. The minimum absolute atomic E-state index is 0.256. The van der Waals surface area contributed by atoms with Crippen LogP contribution in [0.1, 0.15) is 31.4 Å². The predicted octanol–water partition coefficient (Wildman–Crippen LogP) is 5.15. The zero-order valence-electron chi connectivity index (χ0n) is 13.9. The maximum atomic E-state index is 14.2. The highest BCUT2D eigenvalue weighted by Gasteiger charge is 2.16. The van der Waals surface area contributed by atoms with Crippen molar-refractivity contribution < 1.29 is 4.39 Å². The molecule has 0 spiro atoms. The average molecular weight is 365 g/mol. The lowest BCUT2D eigenvalue weighted by Crippen LogP contribution is -2.42. The number of rotatable bonds is 6. The van der Waals surface area contributed by atoms with E-state index in [9.17, 15) is 4.39 Å². The Balaban J connectivity index is 2.23. The molecule has 0 amide bonds. The number of nitrogens with one attached hydrogen (secondary N) is 1. The first-order chi connectivity index (χ1) is 11.5. The van der Waals surface area contributed by atoms with Gasteiger partial charge in [0.05, 0.1) is 0 Å². The molecular weight excluding hydrogens is 343 g/mol. The maximum absolute atomic E-state index is 14.2. The molecule has 0 aliphatic rings. The van der Waals surface area contributed by atoms with Gasteiger partial charge in [-0.05, 0) is 43.3 Å². The second-order valence-electron chi connectivity index (χ2n) is 5.80. The second-order valence-corrected chi connectivity index (χ2v) is 6.59. The summed E-state index contributed by atoms with van der Waals surface area (Å²) in [6.45, 7) is 5.08. The number of halogens is 2. The molecule has 0 saturated carbocycles. The van der Waals surface area contributed by atoms with Crippen LogP contribution in [0, 0.1) is 5.82 Å². The summed E-state index contributed by atoms with van der Waals surface area (Å²) in [5, 5.41) is 4.32. The van der Waals surface area contributed by atoms with Crippen molar-refractivity contribution in [1.29, 1.82) is 0 Å². The number of benzene rings is 2. The van der Waals surface area contributed by atoms with Gasteiger partial charge < -0.3 is 10.2 Å². The number of hydrogen-bond donors (Lipinski definition) is 1. The Bertz CT molecular complexity index is 658. The minimum atomic E-state index is -0.313. The first kappa shape index (κ1) is 18.7. The van der Waals surface area contributed by atoms with Crippen LogP contribution in [0.15, 0.2) is 48.5 Å². The van der Waals surface area contributed by atoms with Crippen molar-refractivity contribution >= 4 is 28.9 Å². The fraction of sp³-hybridized carbons (Fsp3) is 0.316. The highest BCUT2D eigenvalue weighted by molar-refractivity contribution is 7.80. The van der Waals surface area contributed by atoms with Crippen molar-refractivity contribution in [3.8, 4) is 0 Å². The monoisotopic (exact) mass is 364 g/mol. The molecule has 1 atom stereocenters. The Morgan fingerprint density at radius 2 is 1.88 bits per heavy atom. The van der Waals surface area contributed by atoms with E-state index < -0.39 is 0 Å². The van der Waals surface area contributed by atoms with E-state index in [2.05, 4.69) is 19.2 Å². The van der Waals surface area contributed by atoms with Crippen molar-refractivity contribution in [2.24, 2.45) is 0 Å². The summed E-state index contributed by atoms with van der Waals surface area (Å²) >= 11 is 11.7. The molecule has 2 nitrogen and oxygen atoms in total. The molecule has 1 N–H and O–H groups in total. The average Bonchev–Trinajstić information content (AvgIpc) is 2.58. The molecule has 24 heavy (non-hydrogen) atoms. The topological polar surface area (TPSA) is 15.3 Å². The Morgan fingerprint density at radius 1 is 1.17 bits per heavy atom. The van der Waals surface area contributed by atoms with E-state index in [1.165, 1.54) is 6.07 Å². The van der Waals surface area contributed by atoms with E-state index in [0.717, 1.165) is 12.0 Å². The third kappa shape index (κ3) is 5.18. The van der Waals surface area contributed by atoms with Gasteiger partial charge in [0.1, 0.15) is 5.82 Å². The summed E-state index contributed by atoms with van der Waals surface area (Å²) in [6.07, 6.45) is 0.958. The van der Waals surface area contributed by atoms with Gasteiger partial charge in [-0.2, -0.15) is 0 Å². The standard InChI is InChI=1S/C19H22ClFN2S/c1-3-14(2)22-19(24)23(12-15-8-5-4-6-9-15)13-16-17(20)10-7-11-18(16)21/h4-11,14H,3,12-13H2,1-2H3,(H,22,24)/t14-/m0/s1. The van der Waals surface area contributed by atoms with E-state index in [1.807, 2.05) is 35.2 Å². The summed E-state index contributed by atoms with van der Waals surface area (Å²) in [6, 6.07) is 15.0. The fourth-order valence-electron chi connectivity index (χ4n) is 2.28. The highest BCUT2D eigenvalue weighted by atomic mass is 35.5. The molecule has 2 aromatic carbocycles. The van der Waals surface area contributed by atoms with Gasteiger partial charge in [0.25, 0.3) is 0 Å². The molecule has 0 aliphatic carbocycles. The normalized spacial score (nSPS) is 11.8. The smallest absolute Gasteiger partial charge is 0.169 e. The van der Waals surface area contributed by atoms with Crippen molar-refractivity contribution in [1.82, 2.24) is 10.2 Å². The van der Waals surface area contributed by atoms with Crippen LogP contribution in [-0.2, 0) is 13.1 Å². The van der Waals surface area contributed by atoms with Crippen LogP contribution in [0.3, 0.4) is 0 Å². The SMILES string of the molecule is CC[C@H](C)NC(=S)N(Cc1ccccc1)Cc1c(F)cccc1Cl. The van der Waals surface area contributed by atoms with E-state index in [4.69, 9.17) is 23.8 Å². The molecule has 0 fully saturated rings. The maximum Gasteiger partial charge on any atom is 0.169 e. The van der Waals surface area contributed by atoms with Gasteiger partial charge in [0.15, 0.2) is 5.11 Å². The van der Waals surface area contributed by atoms with Crippen LogP contribution in [0.4, 0.5) is 4.39 Å². The van der Waals surface area contributed by atoms with Gasteiger partial charge in [0, 0.05) is 29.7 Å². The summed E-state index contributed by atoms with van der Waals surface area (Å²) in [5.74, 6) is -0.313. The Morgan fingerprint density at radius 3 is 2.50 bits per heavy atom. The summed E-state index contributed by atoms with van der Waals surface area (Å²) in [4.78, 5) is 1.95. The van der Waals surface area contributed by atoms with Gasteiger partial charge in [-0.1, -0.05) is 54.9 Å². The second kappa shape index (κ2) is 9.00. The lowest BCUT2D eigenvalue weighted by molar-refractivity contribution is 0.384. The number of hydrogen-bond acceptors (Lipinski definition) is 1. The summed E-state index contributed by atoms with van der Waals surface area (Å²) in [7, 11) is 0. The molecule has 2 rings (SSSR count). The van der Waals surface area contributed by atoms with Gasteiger partial charge in [0.2, 0.25) is 0 Å². The molecular formula is C19H22ClFN2S. The van der Waals surface area contributed by atoms with E-state index in [-0.39, 0.29) is 11.9 Å². The van der Waals surface area contributed by atoms with Crippen LogP contribution >= 0.6 is 23.8 Å². The molecule has 0 aliphatic heterocycles. The van der Waals surface area contributed by atoms with Crippen LogP contribution in [-0.4, -0.2) is 16.1 Å². The van der Waals surface area contributed by atoms with Crippen LogP contribution < -0.4 is 5.32 Å². The largest absolute Gasteiger partial charge is 0.360 e. The molecule has 0 aromatic heterocycles. The zero-order valence-corrected chi connectivity index (χ0v) is 15.5. The van der Waals surface area contributed by atoms with E-state index in [1.54, 1.807) is 12.1 Å². The third-order valence-corrected chi connectivity index (χ3v) is 4.63. The van der Waals surface area contributed by atoms with Gasteiger partial charge in [-0.15, -0.1) is 0 Å². The third-order valence-electron chi connectivity index (χ3n) is 3.90. The Hall–Kier alpha value is -1.65. The Labute approximate surface area is 153 Å². The van der Waals surface area contributed by atoms with Gasteiger partial charge >= 0.3 is 0 Å². The van der Waals surface area contributed by atoms with Crippen molar-refractivity contribution in [3.05, 3.63) is 70.5 Å². The van der Waals surface area contributed by atoms with Crippen molar-refractivity contribution in [3.63, 3.8) is 0 Å². The summed E-state index contributed by atoms with van der Waals surface area (Å²) in [5.41, 5.74) is 1.57. The fourth-order valence-corrected chi connectivity index (χ4v) is 2.83. The molecule has 0 heterocycles. The van der Waals surface area contributed by atoms with Crippen LogP contribution in [0.5, 0.6) is 0 Å². The lowest BCUT2D eigenvalue weighted by Gasteiger charge is -2.28. The predicted molar refractivity (Wildman–Crippen MR) is 103 cm³/mol. The Kier molecular flexibility index (Phi) is 7.00. The number of nitrogens with zero attached hydrogens (tertiary/aromatic N) is 1. The van der Waals surface area contributed by atoms with Crippen LogP contribution in [0.25, 0.3) is 0 Å². The zero-order chi connectivity index (χ0) is 17.5. The molecule has 0 radical (unpaired) electrons. The van der Waals surface area contributed by atoms with E-state index >= 15 is 0 Å². The highest BCUT2D eigenvalue weighted by Crippen LogP contribution is 2.22.